The number of fused-ring (bicyclic) bond motifs is 1. The van der Waals surface area contributed by atoms with Crippen LogP contribution in [0.1, 0.15) is 26.0 Å². The van der Waals surface area contributed by atoms with Crippen molar-refractivity contribution in [1.82, 2.24) is 19.5 Å². The second kappa shape index (κ2) is 7.69. The molecular formula is C14H20N5O7P. The van der Waals surface area contributed by atoms with Gasteiger partial charge < -0.3 is 19.7 Å². The largest absolute Gasteiger partial charge is 0.527 e. The van der Waals surface area contributed by atoms with Gasteiger partial charge in [0.25, 0.3) is 5.56 Å². The molecule has 0 fully saturated rings. The van der Waals surface area contributed by atoms with E-state index in [0.717, 1.165) is 26.2 Å². The van der Waals surface area contributed by atoms with E-state index in [0.29, 0.717) is 6.61 Å². The Kier molecular flexibility index (Phi) is 5.51. The molecule has 2 unspecified atom stereocenters. The molecule has 0 aromatic carbocycles. The third-order valence-corrected chi connectivity index (χ3v) is 4.74. The molecule has 0 radical (unpaired) electrons. The van der Waals surface area contributed by atoms with Crippen molar-refractivity contribution < 1.29 is 28.0 Å². The number of rotatable bonds is 8. The highest BCUT2D eigenvalue weighted by Crippen LogP contribution is 2.48. The lowest BCUT2D eigenvalue weighted by Crippen LogP contribution is -2.27. The molecule has 2 aromatic rings. The van der Waals surface area contributed by atoms with Gasteiger partial charge in [0.2, 0.25) is 12.2 Å². The smallest absolute Gasteiger partial charge is 0.471 e. The van der Waals surface area contributed by atoms with Gasteiger partial charge in [0.05, 0.1) is 0 Å². The van der Waals surface area contributed by atoms with E-state index in [1.54, 1.807) is 0 Å². The number of ether oxygens (including phenoxy) is 2. The van der Waals surface area contributed by atoms with Gasteiger partial charge in [-0.05, 0) is 6.42 Å². The molecule has 4 N–H and O–H groups in total. The Balaban J connectivity index is 1.94. The van der Waals surface area contributed by atoms with Crippen LogP contribution in [-0.4, -0.2) is 44.2 Å². The fourth-order valence-electron chi connectivity index (χ4n) is 2.52. The number of nitrogens with one attached hydrogen (secondary N) is 1. The van der Waals surface area contributed by atoms with Crippen LogP contribution in [0, 0.1) is 0 Å². The zero-order valence-corrected chi connectivity index (χ0v) is 15.6. The number of unbranched alkanes of at least 4 members (excludes halogenated alkanes) is 1. The van der Waals surface area contributed by atoms with Crippen molar-refractivity contribution in [3.05, 3.63) is 28.7 Å². The predicted molar refractivity (Wildman–Crippen MR) is 93.3 cm³/mol. The minimum absolute atomic E-state index is 0.0246. The van der Waals surface area contributed by atoms with Crippen LogP contribution >= 0.6 is 7.82 Å². The number of nitrogen functional groups attached to an aromatic ring is 1. The lowest BCUT2D eigenvalue weighted by molar-refractivity contribution is -0.0451. The Bertz CT molecular complexity index is 955. The number of imidazole rings is 1. The van der Waals surface area contributed by atoms with Crippen molar-refractivity contribution in [2.45, 2.75) is 32.1 Å². The molecule has 0 bridgehead atoms. The van der Waals surface area contributed by atoms with Crippen LogP contribution in [0.4, 0.5) is 5.95 Å². The van der Waals surface area contributed by atoms with Crippen molar-refractivity contribution in [2.24, 2.45) is 0 Å². The second-order valence-electron chi connectivity index (χ2n) is 5.71. The first-order valence-corrected chi connectivity index (χ1v) is 9.63. The molecule has 0 aliphatic carbocycles. The molecule has 27 heavy (non-hydrogen) atoms. The third kappa shape index (κ3) is 3.98. The minimum Gasteiger partial charge on any atom is -0.471 e. The predicted octanol–water partition coefficient (Wildman–Crippen LogP) is 1.02. The van der Waals surface area contributed by atoms with Gasteiger partial charge in [-0.1, -0.05) is 13.3 Å². The normalized spacial score (nSPS) is 21.7. The van der Waals surface area contributed by atoms with Gasteiger partial charge in [0.15, 0.2) is 23.0 Å². The summed E-state index contributed by atoms with van der Waals surface area (Å²) in [4.78, 5) is 32.0. The summed E-state index contributed by atoms with van der Waals surface area (Å²) >= 11 is 0. The van der Waals surface area contributed by atoms with Crippen LogP contribution < -0.4 is 11.3 Å². The van der Waals surface area contributed by atoms with E-state index in [4.69, 9.17) is 19.7 Å². The van der Waals surface area contributed by atoms with E-state index < -0.39 is 25.7 Å². The number of nitrogens with two attached hydrogens (primary N) is 1. The van der Waals surface area contributed by atoms with Gasteiger partial charge in [-0.3, -0.25) is 23.8 Å². The van der Waals surface area contributed by atoms with Gasteiger partial charge in [-0.25, -0.2) is 9.55 Å². The van der Waals surface area contributed by atoms with Gasteiger partial charge in [0, 0.05) is 13.7 Å². The maximum atomic E-state index is 12.0. The fourth-order valence-corrected chi connectivity index (χ4v) is 3.01. The quantitative estimate of drug-likeness (QED) is 0.430. The summed E-state index contributed by atoms with van der Waals surface area (Å²) in [6.07, 6.45) is 2.40. The highest BCUT2D eigenvalue weighted by atomic mass is 31.2. The molecular weight excluding hydrogens is 381 g/mol. The second-order valence-corrected chi connectivity index (χ2v) is 7.19. The molecule has 0 spiro atoms. The molecule has 3 atom stereocenters. The van der Waals surface area contributed by atoms with E-state index in [1.165, 1.54) is 10.9 Å². The summed E-state index contributed by atoms with van der Waals surface area (Å²) in [6.45, 7) is 2.35. The van der Waals surface area contributed by atoms with Crippen LogP contribution in [-0.2, 0) is 23.1 Å². The van der Waals surface area contributed by atoms with Crippen molar-refractivity contribution in [3.8, 4) is 0 Å². The van der Waals surface area contributed by atoms with Gasteiger partial charge >= 0.3 is 7.82 Å². The Labute approximate surface area is 153 Å². The molecule has 3 heterocycles. The first kappa shape index (κ1) is 19.4. The number of anilines is 1. The number of hydrogen-bond acceptors (Lipinski definition) is 9. The zero-order chi connectivity index (χ0) is 19.6. The summed E-state index contributed by atoms with van der Waals surface area (Å²) in [6, 6.07) is 0. The molecule has 0 amide bonds. The van der Waals surface area contributed by atoms with Gasteiger partial charge in [-0.2, -0.15) is 4.98 Å². The van der Waals surface area contributed by atoms with E-state index in [-0.39, 0.29) is 22.9 Å². The molecule has 1 aliphatic heterocycles. The average Bonchev–Trinajstić information content (AvgIpc) is 3.19. The van der Waals surface area contributed by atoms with Crippen LogP contribution in [0.2, 0.25) is 0 Å². The summed E-state index contributed by atoms with van der Waals surface area (Å²) in [5.41, 5.74) is 5.36. The lowest BCUT2D eigenvalue weighted by Gasteiger charge is -2.23. The van der Waals surface area contributed by atoms with Gasteiger partial charge in [-0.15, -0.1) is 0 Å². The van der Waals surface area contributed by atoms with E-state index in [1.807, 2.05) is 6.92 Å². The van der Waals surface area contributed by atoms with Gasteiger partial charge in [0.1, 0.15) is 12.6 Å². The lowest BCUT2D eigenvalue weighted by atomic mass is 10.3. The topological polar surface area (TPSA) is 164 Å². The van der Waals surface area contributed by atoms with E-state index >= 15 is 0 Å². The molecule has 12 nitrogen and oxygen atoms in total. The molecule has 3 rings (SSSR count). The van der Waals surface area contributed by atoms with Crippen LogP contribution in [0.3, 0.4) is 0 Å². The molecule has 148 valence electrons. The van der Waals surface area contributed by atoms with Crippen LogP contribution in [0.25, 0.3) is 11.2 Å². The van der Waals surface area contributed by atoms with Crippen molar-refractivity contribution >= 4 is 24.9 Å². The number of H-pyrrole nitrogens is 1. The fraction of sp³-hybridized carbons (Fsp3) is 0.500. The summed E-state index contributed by atoms with van der Waals surface area (Å²) in [7, 11) is -3.26. The van der Waals surface area contributed by atoms with E-state index in [9.17, 15) is 14.3 Å². The number of phosphoric acid groups is 1. The maximum Gasteiger partial charge on any atom is 0.527 e. The molecule has 1 aliphatic rings. The number of phosphoric ester groups is 1. The Morgan fingerprint density at radius 1 is 1.52 bits per heavy atom. The zero-order valence-electron chi connectivity index (χ0n) is 14.7. The third-order valence-electron chi connectivity index (χ3n) is 3.83. The highest BCUT2D eigenvalue weighted by Gasteiger charge is 2.40. The van der Waals surface area contributed by atoms with Crippen molar-refractivity contribution in [3.63, 3.8) is 0 Å². The Hall–Kier alpha value is -2.40. The Morgan fingerprint density at radius 3 is 3.00 bits per heavy atom. The summed E-state index contributed by atoms with van der Waals surface area (Å²) < 4.78 is 34.0. The molecule has 0 saturated carbocycles. The monoisotopic (exact) mass is 401 g/mol. The number of aromatic nitrogens is 4. The summed E-state index contributed by atoms with van der Waals surface area (Å²) in [5, 5.41) is 0. The first-order valence-electron chi connectivity index (χ1n) is 8.14. The van der Waals surface area contributed by atoms with Crippen LogP contribution in [0.15, 0.2) is 23.1 Å². The number of aromatic amines is 1. The summed E-state index contributed by atoms with van der Waals surface area (Å²) in [5.74, 6) is -0.108. The first-order chi connectivity index (χ1) is 12.9. The standard InChI is InChI=1S/C14H20N5O7P/c1-3-4-5-24-10-8(26-27(21,22)23-2)6-25-13(10)19-7-16-9-11(19)17-14(15)18-12(9)20/h6-7,10,13H,3-5H2,1-2H3,(H,21,22)(H3,15,17,18,20)/t10?,13-/m1/s1. The van der Waals surface area contributed by atoms with Crippen LogP contribution in [0.5, 0.6) is 0 Å². The number of hydrogen-bond donors (Lipinski definition) is 3. The Morgan fingerprint density at radius 2 is 2.30 bits per heavy atom. The van der Waals surface area contributed by atoms with Crippen molar-refractivity contribution in [1.29, 1.82) is 0 Å². The minimum atomic E-state index is -4.31. The van der Waals surface area contributed by atoms with E-state index in [2.05, 4.69) is 19.5 Å². The average molecular weight is 401 g/mol. The SMILES string of the molecule is CCCCOC1C(OP(=O)(O)OC)=CO[C@H]1n1cnc2c(=O)[nH]c(N)nc21. The molecule has 0 saturated heterocycles. The highest BCUT2D eigenvalue weighted by molar-refractivity contribution is 7.47. The maximum absolute atomic E-state index is 12.0. The number of nitrogens with zero attached hydrogens (tertiary/aromatic N) is 3. The molecule has 2 aromatic heterocycles. The van der Waals surface area contributed by atoms with Crippen molar-refractivity contribution in [2.75, 3.05) is 19.5 Å². The molecule has 13 heteroatoms.